The zero-order chi connectivity index (χ0) is 43.6. The van der Waals surface area contributed by atoms with Gasteiger partial charge in [-0.25, -0.2) is 0 Å². The highest BCUT2D eigenvalue weighted by Crippen LogP contribution is 2.24. The van der Waals surface area contributed by atoms with Crippen molar-refractivity contribution in [2.45, 2.75) is 252 Å². The molecule has 0 aromatic rings. The second-order valence-electron chi connectivity index (χ2n) is 19.2. The lowest BCUT2D eigenvalue weighted by atomic mass is 9.94. The smallest absolute Gasteiger partial charge is 0.305 e. The predicted molar refractivity (Wildman–Crippen MR) is 257 cm³/mol. The lowest BCUT2D eigenvalue weighted by molar-refractivity contribution is -0.146. The highest BCUT2D eigenvalue weighted by atomic mass is 16.5. The molecule has 0 aliphatic carbocycles. The average molecular weight is 849 g/mol. The predicted octanol–water partition coefficient (Wildman–Crippen LogP) is 14.3. The summed E-state index contributed by atoms with van der Waals surface area (Å²) in [7, 11) is 0. The van der Waals surface area contributed by atoms with E-state index in [1.165, 1.54) is 180 Å². The summed E-state index contributed by atoms with van der Waals surface area (Å²) in [6, 6.07) is 0. The zero-order valence-electron chi connectivity index (χ0n) is 40.8. The fraction of sp³-hybridized carbons (Fsp3) is 0.962. The molecule has 0 spiro atoms. The topological polar surface area (TPSA) is 79.3 Å². The normalized spacial score (nSPS) is 13.5. The van der Waals surface area contributed by atoms with Crippen molar-refractivity contribution in [3.05, 3.63) is 0 Å². The third-order valence-electron chi connectivity index (χ3n) is 13.4. The van der Waals surface area contributed by atoms with Gasteiger partial charge in [-0.1, -0.05) is 188 Å². The van der Waals surface area contributed by atoms with Crippen LogP contribution in [0, 0.1) is 17.8 Å². The lowest BCUT2D eigenvalue weighted by Crippen LogP contribution is -2.49. The largest absolute Gasteiger partial charge is 0.465 e. The Morgan fingerprint density at radius 2 is 0.883 bits per heavy atom. The molecule has 0 radical (unpaired) electrons. The van der Waals surface area contributed by atoms with Crippen LogP contribution in [0.15, 0.2) is 0 Å². The number of rotatable bonds is 47. The van der Waals surface area contributed by atoms with Gasteiger partial charge in [-0.15, -0.1) is 0 Å². The van der Waals surface area contributed by atoms with Crippen LogP contribution in [0.4, 0.5) is 0 Å². The summed E-state index contributed by atoms with van der Waals surface area (Å²) >= 11 is 0. The van der Waals surface area contributed by atoms with Gasteiger partial charge in [0.25, 0.3) is 0 Å². The van der Waals surface area contributed by atoms with Crippen LogP contribution in [-0.2, 0) is 19.1 Å². The van der Waals surface area contributed by atoms with Gasteiger partial charge in [0.2, 0.25) is 0 Å². The first-order valence-electron chi connectivity index (χ1n) is 26.8. The van der Waals surface area contributed by atoms with Crippen LogP contribution in [-0.4, -0.2) is 85.9 Å². The van der Waals surface area contributed by atoms with Gasteiger partial charge in [-0.2, -0.15) is 0 Å². The average Bonchev–Trinajstić information content (AvgIpc) is 3.23. The van der Waals surface area contributed by atoms with Crippen molar-refractivity contribution in [3.63, 3.8) is 0 Å². The molecule has 0 bridgehead atoms. The Kier molecular flexibility index (Phi) is 40.8. The van der Waals surface area contributed by atoms with E-state index < -0.39 is 0 Å². The third kappa shape index (κ3) is 35.3. The number of hydrogen-bond acceptors (Lipinski definition) is 7. The van der Waals surface area contributed by atoms with Gasteiger partial charge in [0, 0.05) is 45.6 Å². The van der Waals surface area contributed by atoms with Gasteiger partial charge < -0.3 is 19.5 Å². The monoisotopic (exact) mass is 849 g/mol. The number of carbonyl (C=O) groups is 2. The molecule has 7 nitrogen and oxygen atoms in total. The maximum Gasteiger partial charge on any atom is 0.305 e. The van der Waals surface area contributed by atoms with Crippen molar-refractivity contribution in [3.8, 4) is 0 Å². The number of ether oxygens (including phenoxy) is 2. The first-order chi connectivity index (χ1) is 29.4. The molecule has 1 rings (SSSR count). The number of nitrogens with zero attached hydrogens (tertiary/aromatic N) is 2. The summed E-state index contributed by atoms with van der Waals surface area (Å²) in [5.41, 5.74) is 0. The van der Waals surface area contributed by atoms with Crippen LogP contribution < -0.4 is 0 Å². The Morgan fingerprint density at radius 3 is 1.30 bits per heavy atom. The first-order valence-corrected chi connectivity index (χ1v) is 26.8. The van der Waals surface area contributed by atoms with Crippen LogP contribution in [0.1, 0.15) is 252 Å². The lowest BCUT2D eigenvalue weighted by Gasteiger charge is -2.40. The molecule has 1 N–H and O–H groups in total. The van der Waals surface area contributed by atoms with Crippen molar-refractivity contribution >= 4 is 11.9 Å². The van der Waals surface area contributed by atoms with Crippen molar-refractivity contribution in [1.82, 2.24) is 9.80 Å². The molecular formula is C53H104N2O5. The van der Waals surface area contributed by atoms with Gasteiger partial charge >= 0.3 is 11.9 Å². The maximum absolute atomic E-state index is 12.7. The molecule has 1 aliphatic heterocycles. The van der Waals surface area contributed by atoms with E-state index in [1.54, 1.807) is 0 Å². The molecule has 1 aliphatic rings. The van der Waals surface area contributed by atoms with E-state index in [0.717, 1.165) is 64.8 Å². The zero-order valence-corrected chi connectivity index (χ0v) is 40.8. The Hall–Kier alpha value is -1.18. The molecular weight excluding hydrogens is 745 g/mol. The Bertz CT molecular complexity index is 895. The van der Waals surface area contributed by atoms with Gasteiger partial charge in [0.15, 0.2) is 0 Å². The number of aliphatic hydroxyl groups is 1. The second-order valence-corrected chi connectivity index (χ2v) is 19.2. The number of unbranched alkanes of at least 4 members (excludes halogenated alkanes) is 22. The number of esters is 2. The number of carbonyl (C=O) groups excluding carboxylic acids is 2. The van der Waals surface area contributed by atoms with Gasteiger partial charge in [-0.05, 0) is 75.7 Å². The van der Waals surface area contributed by atoms with E-state index in [2.05, 4.69) is 37.5 Å². The van der Waals surface area contributed by atoms with E-state index in [1.807, 2.05) is 0 Å². The SMILES string of the molecule is CCCCCCCCC(CCCCCCCC)COC(=O)CCCCCN(CCO)CCN1CC(CCCC(=O)OCC(CCCCCCCC)CCCCCCCC)C1. The van der Waals surface area contributed by atoms with Gasteiger partial charge in [0.1, 0.15) is 0 Å². The second kappa shape index (κ2) is 43.1. The molecule has 0 unspecified atom stereocenters. The highest BCUT2D eigenvalue weighted by molar-refractivity contribution is 5.69. The number of aliphatic hydroxyl groups excluding tert-OH is 1. The summed E-state index contributed by atoms with van der Waals surface area (Å²) in [6.07, 6.45) is 42.5. The standard InChI is InChI=1S/C53H104N2O5/c1-5-9-13-17-21-26-33-49(34-27-22-18-14-10-6-2)47-59-52(57)38-30-25-31-40-54(43-44-56)41-42-55-45-51(46-55)37-32-39-53(58)60-48-50(35-28-23-19-15-11-7-3)36-29-24-20-16-12-8-4/h49-51,56H,5-48H2,1-4H3. The van der Waals surface area contributed by atoms with E-state index in [9.17, 15) is 14.7 Å². The number of hydrogen-bond donors (Lipinski definition) is 1. The Labute approximate surface area is 374 Å². The van der Waals surface area contributed by atoms with Crippen LogP contribution in [0.3, 0.4) is 0 Å². The van der Waals surface area contributed by atoms with Crippen molar-refractivity contribution < 1.29 is 24.2 Å². The Balaban J connectivity index is 2.23. The molecule has 0 saturated carbocycles. The van der Waals surface area contributed by atoms with E-state index in [-0.39, 0.29) is 18.5 Å². The summed E-state index contributed by atoms with van der Waals surface area (Å²) < 4.78 is 11.7. The fourth-order valence-electron chi connectivity index (χ4n) is 9.16. The van der Waals surface area contributed by atoms with Crippen LogP contribution in [0.5, 0.6) is 0 Å². The minimum absolute atomic E-state index is 0.00449. The van der Waals surface area contributed by atoms with Crippen LogP contribution >= 0.6 is 0 Å². The third-order valence-corrected chi connectivity index (χ3v) is 13.4. The highest BCUT2D eigenvalue weighted by Gasteiger charge is 2.26. The molecule has 0 aromatic carbocycles. The summed E-state index contributed by atoms with van der Waals surface area (Å²) in [4.78, 5) is 30.3. The minimum atomic E-state index is -0.0198. The molecule has 356 valence electrons. The molecule has 60 heavy (non-hydrogen) atoms. The summed E-state index contributed by atoms with van der Waals surface area (Å²) in [6.45, 7) is 16.4. The summed E-state index contributed by atoms with van der Waals surface area (Å²) in [5.74, 6) is 1.71. The van der Waals surface area contributed by atoms with Gasteiger partial charge in [0.05, 0.1) is 19.8 Å². The molecule has 0 amide bonds. The molecule has 0 aromatic heterocycles. The van der Waals surface area contributed by atoms with E-state index in [4.69, 9.17) is 9.47 Å². The van der Waals surface area contributed by atoms with Gasteiger partial charge in [-0.3, -0.25) is 14.5 Å². The van der Waals surface area contributed by atoms with E-state index in [0.29, 0.717) is 50.4 Å². The first kappa shape index (κ1) is 56.8. The fourth-order valence-corrected chi connectivity index (χ4v) is 9.16. The Morgan fingerprint density at radius 1 is 0.500 bits per heavy atom. The van der Waals surface area contributed by atoms with E-state index >= 15 is 0 Å². The maximum atomic E-state index is 12.7. The molecule has 1 fully saturated rings. The molecule has 1 heterocycles. The van der Waals surface area contributed by atoms with Crippen molar-refractivity contribution in [1.29, 1.82) is 0 Å². The minimum Gasteiger partial charge on any atom is -0.465 e. The number of likely N-dealkylation sites (tertiary alicyclic amines) is 1. The van der Waals surface area contributed by atoms with Crippen molar-refractivity contribution in [2.24, 2.45) is 17.8 Å². The quantitative estimate of drug-likeness (QED) is 0.0483. The summed E-state index contributed by atoms with van der Waals surface area (Å²) in [5, 5.41) is 9.70. The van der Waals surface area contributed by atoms with Crippen molar-refractivity contribution in [2.75, 3.05) is 59.1 Å². The van der Waals surface area contributed by atoms with Crippen LogP contribution in [0.2, 0.25) is 0 Å². The molecule has 7 heteroatoms. The molecule has 0 atom stereocenters. The van der Waals surface area contributed by atoms with Crippen LogP contribution in [0.25, 0.3) is 0 Å². The molecule has 1 saturated heterocycles.